The molecule has 0 aliphatic heterocycles. The van der Waals surface area contributed by atoms with Gasteiger partial charge in [0.05, 0.1) is 6.61 Å². The van der Waals surface area contributed by atoms with Crippen LogP contribution in [-0.4, -0.2) is 6.61 Å². The highest BCUT2D eigenvalue weighted by Crippen LogP contribution is 2.36. The summed E-state index contributed by atoms with van der Waals surface area (Å²) in [6, 6.07) is 4.29. The van der Waals surface area contributed by atoms with Crippen molar-refractivity contribution >= 4 is 44.0 Å². The van der Waals surface area contributed by atoms with Crippen molar-refractivity contribution in [3.63, 3.8) is 0 Å². The fourth-order valence-corrected chi connectivity index (χ4v) is 3.41. The van der Waals surface area contributed by atoms with Gasteiger partial charge in [-0.1, -0.05) is 6.07 Å². The number of aryl methyl sites for hydroxylation is 1. The maximum absolute atomic E-state index is 5.69. The molecule has 0 unspecified atom stereocenters. The zero-order chi connectivity index (χ0) is 10.1. The molecule has 0 fully saturated rings. The van der Waals surface area contributed by atoms with E-state index in [2.05, 4.69) is 47.0 Å². The van der Waals surface area contributed by atoms with Crippen LogP contribution in [-0.2, 0) is 0 Å². The van der Waals surface area contributed by atoms with Gasteiger partial charge in [0.25, 0.3) is 0 Å². The molecule has 0 aliphatic carbocycles. The molecule has 3 heteroatoms. The van der Waals surface area contributed by atoms with E-state index < -0.39 is 0 Å². The summed E-state index contributed by atoms with van der Waals surface area (Å²) >= 11 is 4.14. The van der Waals surface area contributed by atoms with E-state index in [9.17, 15) is 0 Å². The predicted octanol–water partition coefficient (Wildman–Crippen LogP) is 4.21. The summed E-state index contributed by atoms with van der Waals surface area (Å²) in [5, 5.41) is 3.45. The van der Waals surface area contributed by atoms with Crippen LogP contribution in [0, 0.1) is 10.5 Å². The number of fused-ring (bicyclic) bond motifs is 1. The molecule has 0 amide bonds. The van der Waals surface area contributed by atoms with E-state index >= 15 is 0 Å². The SMILES string of the molecule is CCOc1c(C)ccc2scc(I)c12. The maximum atomic E-state index is 5.69. The van der Waals surface area contributed by atoms with E-state index in [1.807, 2.05) is 6.92 Å². The fraction of sp³-hybridized carbons (Fsp3) is 0.273. The van der Waals surface area contributed by atoms with E-state index in [0.29, 0.717) is 0 Å². The largest absolute Gasteiger partial charge is 0.493 e. The van der Waals surface area contributed by atoms with E-state index in [1.54, 1.807) is 11.3 Å². The Labute approximate surface area is 101 Å². The Kier molecular flexibility index (Phi) is 2.97. The first-order valence-electron chi connectivity index (χ1n) is 4.53. The average Bonchev–Trinajstić information content (AvgIpc) is 2.53. The van der Waals surface area contributed by atoms with Crippen molar-refractivity contribution < 1.29 is 4.74 Å². The Bertz CT molecular complexity index is 462. The highest BCUT2D eigenvalue weighted by atomic mass is 127. The zero-order valence-electron chi connectivity index (χ0n) is 8.13. The van der Waals surface area contributed by atoms with Crippen molar-refractivity contribution in [2.45, 2.75) is 13.8 Å². The molecule has 2 aromatic rings. The van der Waals surface area contributed by atoms with Gasteiger partial charge >= 0.3 is 0 Å². The minimum absolute atomic E-state index is 0.728. The van der Waals surface area contributed by atoms with Crippen molar-refractivity contribution in [1.29, 1.82) is 0 Å². The smallest absolute Gasteiger partial charge is 0.131 e. The summed E-state index contributed by atoms with van der Waals surface area (Å²) < 4.78 is 8.29. The van der Waals surface area contributed by atoms with Crippen LogP contribution in [0.4, 0.5) is 0 Å². The summed E-state index contributed by atoms with van der Waals surface area (Å²) in [6.07, 6.45) is 0. The molecule has 0 saturated carbocycles. The molecule has 0 atom stereocenters. The average molecular weight is 318 g/mol. The Morgan fingerprint density at radius 2 is 2.21 bits per heavy atom. The molecule has 0 N–H and O–H groups in total. The predicted molar refractivity (Wildman–Crippen MR) is 70.4 cm³/mol. The van der Waals surface area contributed by atoms with Gasteiger partial charge in [0.2, 0.25) is 0 Å². The monoisotopic (exact) mass is 318 g/mol. The van der Waals surface area contributed by atoms with Crippen LogP contribution < -0.4 is 4.74 Å². The molecular formula is C11H11IOS. The molecule has 1 aromatic carbocycles. The first kappa shape index (κ1) is 10.2. The van der Waals surface area contributed by atoms with Gasteiger partial charge in [-0.3, -0.25) is 0 Å². The van der Waals surface area contributed by atoms with Gasteiger partial charge in [-0.15, -0.1) is 11.3 Å². The van der Waals surface area contributed by atoms with E-state index in [0.717, 1.165) is 12.4 Å². The standard InChI is InChI=1S/C11H11IOS/c1-3-13-11-7(2)4-5-9-10(11)8(12)6-14-9/h4-6H,3H2,1-2H3. The van der Waals surface area contributed by atoms with Crippen LogP contribution in [0.25, 0.3) is 10.1 Å². The van der Waals surface area contributed by atoms with Crippen LogP contribution in [0.1, 0.15) is 12.5 Å². The first-order valence-corrected chi connectivity index (χ1v) is 6.49. The minimum Gasteiger partial charge on any atom is -0.493 e. The lowest BCUT2D eigenvalue weighted by Crippen LogP contribution is -1.94. The number of benzene rings is 1. The molecule has 0 bridgehead atoms. The van der Waals surface area contributed by atoms with Crippen LogP contribution in [0.2, 0.25) is 0 Å². The molecule has 2 rings (SSSR count). The molecule has 74 valence electrons. The summed E-state index contributed by atoms with van der Waals surface area (Å²) in [6.45, 7) is 4.85. The number of rotatable bonds is 2. The number of hydrogen-bond acceptors (Lipinski definition) is 2. The molecule has 0 spiro atoms. The maximum Gasteiger partial charge on any atom is 0.131 e. The molecule has 0 saturated heterocycles. The van der Waals surface area contributed by atoms with E-state index in [-0.39, 0.29) is 0 Å². The zero-order valence-corrected chi connectivity index (χ0v) is 11.1. The van der Waals surface area contributed by atoms with Crippen molar-refractivity contribution in [3.8, 4) is 5.75 Å². The van der Waals surface area contributed by atoms with Gasteiger partial charge in [0.1, 0.15) is 5.75 Å². The highest BCUT2D eigenvalue weighted by Gasteiger charge is 2.10. The highest BCUT2D eigenvalue weighted by molar-refractivity contribution is 14.1. The third-order valence-corrected chi connectivity index (χ3v) is 4.35. The second-order valence-corrected chi connectivity index (χ2v) is 5.17. The quantitative estimate of drug-likeness (QED) is 0.754. The molecule has 1 heterocycles. The summed E-state index contributed by atoms with van der Waals surface area (Å²) in [4.78, 5) is 0. The lowest BCUT2D eigenvalue weighted by Gasteiger charge is -2.08. The summed E-state index contributed by atoms with van der Waals surface area (Å²) in [7, 11) is 0. The molecular weight excluding hydrogens is 307 g/mol. The third kappa shape index (κ3) is 1.63. The minimum atomic E-state index is 0.728. The second kappa shape index (κ2) is 4.06. The van der Waals surface area contributed by atoms with Crippen LogP contribution >= 0.6 is 33.9 Å². The number of halogens is 1. The van der Waals surface area contributed by atoms with Crippen molar-refractivity contribution in [3.05, 3.63) is 26.6 Å². The number of thiophene rings is 1. The summed E-state index contributed by atoms with van der Waals surface area (Å²) in [5.74, 6) is 1.05. The normalized spacial score (nSPS) is 10.8. The van der Waals surface area contributed by atoms with Crippen LogP contribution in [0.5, 0.6) is 5.75 Å². The third-order valence-electron chi connectivity index (χ3n) is 2.13. The first-order chi connectivity index (χ1) is 6.74. The van der Waals surface area contributed by atoms with E-state index in [4.69, 9.17) is 4.74 Å². The lowest BCUT2D eigenvalue weighted by molar-refractivity contribution is 0.342. The van der Waals surface area contributed by atoms with Gasteiger partial charge in [-0.25, -0.2) is 0 Å². The molecule has 0 radical (unpaired) electrons. The van der Waals surface area contributed by atoms with Gasteiger partial charge in [0.15, 0.2) is 0 Å². The van der Waals surface area contributed by atoms with Gasteiger partial charge in [-0.05, 0) is 48.1 Å². The van der Waals surface area contributed by atoms with Gasteiger partial charge in [-0.2, -0.15) is 0 Å². The molecule has 14 heavy (non-hydrogen) atoms. The summed E-state index contributed by atoms with van der Waals surface area (Å²) in [5.41, 5.74) is 1.22. The fourth-order valence-electron chi connectivity index (χ4n) is 1.50. The van der Waals surface area contributed by atoms with Crippen molar-refractivity contribution in [2.24, 2.45) is 0 Å². The second-order valence-electron chi connectivity index (χ2n) is 3.10. The Morgan fingerprint density at radius 1 is 1.43 bits per heavy atom. The molecule has 1 nitrogen and oxygen atoms in total. The topological polar surface area (TPSA) is 9.23 Å². The Morgan fingerprint density at radius 3 is 2.93 bits per heavy atom. The lowest BCUT2D eigenvalue weighted by atomic mass is 10.1. The van der Waals surface area contributed by atoms with Crippen LogP contribution in [0.3, 0.4) is 0 Å². The Hall–Kier alpha value is -0.290. The number of ether oxygens (including phenoxy) is 1. The van der Waals surface area contributed by atoms with Gasteiger partial charge in [0, 0.05) is 19.0 Å². The van der Waals surface area contributed by atoms with Crippen molar-refractivity contribution in [2.75, 3.05) is 6.61 Å². The molecule has 1 aromatic heterocycles. The molecule has 0 aliphatic rings. The van der Waals surface area contributed by atoms with Gasteiger partial charge < -0.3 is 4.74 Å². The number of hydrogen-bond donors (Lipinski definition) is 0. The Balaban J connectivity index is 2.73. The van der Waals surface area contributed by atoms with Crippen LogP contribution in [0.15, 0.2) is 17.5 Å². The van der Waals surface area contributed by atoms with Crippen molar-refractivity contribution in [1.82, 2.24) is 0 Å². The van der Waals surface area contributed by atoms with E-state index in [1.165, 1.54) is 19.2 Å².